The van der Waals surface area contributed by atoms with Gasteiger partial charge in [-0.25, -0.2) is 15.6 Å². The van der Waals surface area contributed by atoms with E-state index in [1.54, 1.807) is 0 Å². The molecule has 1 aromatic rings. The van der Waals surface area contributed by atoms with E-state index in [-0.39, 0.29) is 0 Å². The maximum absolute atomic E-state index is 11.9. The highest BCUT2D eigenvalue weighted by Gasteiger charge is 2.20. The van der Waals surface area contributed by atoms with Crippen LogP contribution in [-0.2, 0) is 4.79 Å². The summed E-state index contributed by atoms with van der Waals surface area (Å²) in [7, 11) is 1.40. The van der Waals surface area contributed by atoms with Crippen LogP contribution >= 0.6 is 0 Å². The lowest BCUT2D eigenvalue weighted by Gasteiger charge is -2.35. The Kier molecular flexibility index (Phi) is 7.55. The molecule has 1 aliphatic heterocycles. The second kappa shape index (κ2) is 9.88. The zero-order chi connectivity index (χ0) is 18.9. The summed E-state index contributed by atoms with van der Waals surface area (Å²) in [5, 5.41) is 1.08. The number of hydrogen-bond acceptors (Lipinski definition) is 6. The van der Waals surface area contributed by atoms with Gasteiger partial charge in [0, 0.05) is 46.0 Å². The fourth-order valence-corrected chi connectivity index (χ4v) is 2.88. The third kappa shape index (κ3) is 5.53. The quantitative estimate of drug-likeness (QED) is 0.256. The van der Waals surface area contributed by atoms with Gasteiger partial charge in [0.05, 0.1) is 0 Å². The second-order valence-electron chi connectivity index (χ2n) is 6.30. The SMILES string of the molecule is C=CC(=O)N(C)C(=O)N(N)CCCCN1CCN(c2ccccn2)CC1. The highest BCUT2D eigenvalue weighted by atomic mass is 16.2. The number of carbonyl (C=O) groups excluding carboxylic acids is 2. The smallest absolute Gasteiger partial charge is 0.340 e. The Balaban J connectivity index is 1.63. The summed E-state index contributed by atoms with van der Waals surface area (Å²) in [6.45, 7) is 8.68. The minimum Gasteiger partial charge on any atom is -0.354 e. The molecule has 3 amide bonds. The lowest BCUT2D eigenvalue weighted by Crippen LogP contribution is -2.48. The van der Waals surface area contributed by atoms with Crippen LogP contribution in [0.4, 0.5) is 10.6 Å². The number of hydrazine groups is 1. The fourth-order valence-electron chi connectivity index (χ4n) is 2.88. The molecular formula is C18H28N6O2. The molecule has 0 atom stereocenters. The van der Waals surface area contributed by atoms with Gasteiger partial charge in [0.25, 0.3) is 5.91 Å². The molecule has 0 bridgehead atoms. The molecule has 1 aromatic heterocycles. The van der Waals surface area contributed by atoms with Crippen molar-refractivity contribution in [1.29, 1.82) is 0 Å². The topological polar surface area (TPSA) is 86.0 Å². The number of hydrogen-bond donors (Lipinski definition) is 1. The van der Waals surface area contributed by atoms with Gasteiger partial charge >= 0.3 is 6.03 Å². The first-order valence-corrected chi connectivity index (χ1v) is 8.87. The molecule has 0 aliphatic carbocycles. The summed E-state index contributed by atoms with van der Waals surface area (Å²) in [5.41, 5.74) is 0. The van der Waals surface area contributed by atoms with E-state index in [0.29, 0.717) is 6.54 Å². The van der Waals surface area contributed by atoms with Crippen molar-refractivity contribution in [3.8, 4) is 0 Å². The number of nitrogens with two attached hydrogens (primary N) is 1. The summed E-state index contributed by atoms with van der Waals surface area (Å²) in [6.07, 6.45) is 4.65. The van der Waals surface area contributed by atoms with E-state index in [1.807, 2.05) is 24.4 Å². The average molecular weight is 360 g/mol. The van der Waals surface area contributed by atoms with Crippen LogP contribution < -0.4 is 10.7 Å². The molecule has 8 heteroatoms. The van der Waals surface area contributed by atoms with Crippen LogP contribution in [0.1, 0.15) is 12.8 Å². The third-order valence-electron chi connectivity index (χ3n) is 4.51. The van der Waals surface area contributed by atoms with Gasteiger partial charge < -0.3 is 4.90 Å². The minimum absolute atomic E-state index is 0.418. The van der Waals surface area contributed by atoms with Gasteiger partial charge in [-0.2, -0.15) is 0 Å². The number of unbranched alkanes of at least 4 members (excludes halogenated alkanes) is 1. The van der Waals surface area contributed by atoms with Crippen molar-refractivity contribution < 1.29 is 9.59 Å². The van der Waals surface area contributed by atoms with E-state index in [2.05, 4.69) is 21.4 Å². The first-order chi connectivity index (χ1) is 12.5. The van der Waals surface area contributed by atoms with Gasteiger partial charge in [0.2, 0.25) is 0 Å². The number of anilines is 1. The molecule has 2 N–H and O–H groups in total. The largest absolute Gasteiger partial charge is 0.354 e. The van der Waals surface area contributed by atoms with Crippen molar-refractivity contribution in [3.63, 3.8) is 0 Å². The Bertz CT molecular complexity index is 601. The Morgan fingerprint density at radius 1 is 1.27 bits per heavy atom. The van der Waals surface area contributed by atoms with Crippen molar-refractivity contribution in [2.45, 2.75) is 12.8 Å². The van der Waals surface area contributed by atoms with Crippen molar-refractivity contribution in [1.82, 2.24) is 19.8 Å². The Morgan fingerprint density at radius 3 is 2.62 bits per heavy atom. The molecule has 8 nitrogen and oxygen atoms in total. The fraction of sp³-hybridized carbons (Fsp3) is 0.500. The molecule has 0 radical (unpaired) electrons. The predicted octanol–water partition coefficient (Wildman–Crippen LogP) is 0.924. The normalized spacial score (nSPS) is 14.8. The number of piperazine rings is 1. The third-order valence-corrected chi connectivity index (χ3v) is 4.51. The summed E-state index contributed by atoms with van der Waals surface area (Å²) >= 11 is 0. The highest BCUT2D eigenvalue weighted by molar-refractivity contribution is 5.99. The van der Waals surface area contributed by atoms with E-state index in [0.717, 1.165) is 67.4 Å². The number of imide groups is 1. The van der Waals surface area contributed by atoms with Crippen LogP contribution in [0, 0.1) is 0 Å². The summed E-state index contributed by atoms with van der Waals surface area (Å²) < 4.78 is 0. The summed E-state index contributed by atoms with van der Waals surface area (Å²) in [5.74, 6) is 6.31. The molecule has 142 valence electrons. The van der Waals surface area contributed by atoms with Crippen LogP contribution in [0.25, 0.3) is 0 Å². The Labute approximate surface area is 154 Å². The van der Waals surface area contributed by atoms with Gasteiger partial charge in [0.1, 0.15) is 5.82 Å². The maximum atomic E-state index is 11.9. The van der Waals surface area contributed by atoms with Crippen molar-refractivity contribution in [2.75, 3.05) is 51.2 Å². The van der Waals surface area contributed by atoms with E-state index >= 15 is 0 Å². The van der Waals surface area contributed by atoms with Crippen molar-refractivity contribution >= 4 is 17.8 Å². The lowest BCUT2D eigenvalue weighted by molar-refractivity contribution is -0.122. The second-order valence-corrected chi connectivity index (χ2v) is 6.30. The van der Waals surface area contributed by atoms with Crippen molar-refractivity contribution in [3.05, 3.63) is 37.1 Å². The van der Waals surface area contributed by atoms with E-state index in [4.69, 9.17) is 5.84 Å². The molecule has 0 unspecified atom stereocenters. The molecule has 2 heterocycles. The average Bonchev–Trinajstić information content (AvgIpc) is 2.70. The number of aromatic nitrogens is 1. The molecule has 1 aliphatic rings. The van der Waals surface area contributed by atoms with E-state index in [1.165, 1.54) is 7.05 Å². The van der Waals surface area contributed by atoms with Gasteiger partial charge in [-0.1, -0.05) is 12.6 Å². The monoisotopic (exact) mass is 360 g/mol. The van der Waals surface area contributed by atoms with Crippen LogP contribution in [0.2, 0.25) is 0 Å². The number of urea groups is 1. The molecule has 1 fully saturated rings. The zero-order valence-electron chi connectivity index (χ0n) is 15.4. The summed E-state index contributed by atoms with van der Waals surface area (Å²) in [6, 6.07) is 5.46. The number of likely N-dealkylation sites (N-methyl/N-ethyl adjacent to an activating group) is 1. The first kappa shape index (κ1) is 19.9. The van der Waals surface area contributed by atoms with Gasteiger partial charge in [-0.3, -0.25) is 19.6 Å². The Hall–Kier alpha value is -2.45. The minimum atomic E-state index is -0.515. The van der Waals surface area contributed by atoms with Crippen LogP contribution in [0.5, 0.6) is 0 Å². The van der Waals surface area contributed by atoms with E-state index < -0.39 is 11.9 Å². The van der Waals surface area contributed by atoms with Crippen molar-refractivity contribution in [2.24, 2.45) is 5.84 Å². The first-order valence-electron chi connectivity index (χ1n) is 8.87. The number of carbonyl (C=O) groups is 2. The van der Waals surface area contributed by atoms with Gasteiger partial charge in [0.15, 0.2) is 0 Å². The molecule has 0 aromatic carbocycles. The molecule has 2 rings (SSSR count). The number of amides is 3. The molecule has 0 spiro atoms. The van der Waals surface area contributed by atoms with E-state index in [9.17, 15) is 9.59 Å². The molecule has 0 saturated carbocycles. The number of nitrogens with zero attached hydrogens (tertiary/aromatic N) is 5. The zero-order valence-corrected chi connectivity index (χ0v) is 15.4. The van der Waals surface area contributed by atoms with Crippen LogP contribution in [-0.4, -0.2) is 78.0 Å². The predicted molar refractivity (Wildman–Crippen MR) is 101 cm³/mol. The van der Waals surface area contributed by atoms with Gasteiger partial charge in [-0.05, 0) is 37.6 Å². The van der Waals surface area contributed by atoms with Crippen LogP contribution in [0.3, 0.4) is 0 Å². The highest BCUT2D eigenvalue weighted by Crippen LogP contribution is 2.12. The standard InChI is InChI=1S/C18H28N6O2/c1-3-17(25)21(2)18(26)24(19)11-7-6-10-22-12-14-23(15-13-22)16-8-4-5-9-20-16/h3-5,8-9H,1,6-7,10-15,19H2,2H3. The Morgan fingerprint density at radius 2 is 2.00 bits per heavy atom. The lowest BCUT2D eigenvalue weighted by atomic mass is 10.2. The number of rotatable bonds is 7. The molecule has 26 heavy (non-hydrogen) atoms. The summed E-state index contributed by atoms with van der Waals surface area (Å²) in [4.78, 5) is 33.4. The molecule has 1 saturated heterocycles. The van der Waals surface area contributed by atoms with Crippen LogP contribution in [0.15, 0.2) is 37.1 Å². The maximum Gasteiger partial charge on any atom is 0.340 e. The van der Waals surface area contributed by atoms with Gasteiger partial charge in [-0.15, -0.1) is 0 Å². The molecular weight excluding hydrogens is 332 g/mol. The number of pyridine rings is 1.